The molecule has 1 saturated heterocycles. The Morgan fingerprint density at radius 1 is 0.974 bits per heavy atom. The van der Waals surface area contributed by atoms with Crippen molar-refractivity contribution in [2.45, 2.75) is 12.5 Å². The third-order valence-corrected chi connectivity index (χ3v) is 7.08. The summed E-state index contributed by atoms with van der Waals surface area (Å²) in [6.45, 7) is 3.93. The highest BCUT2D eigenvalue weighted by atomic mass is 16.5. The molecule has 0 aliphatic carbocycles. The van der Waals surface area contributed by atoms with E-state index in [1.807, 2.05) is 54.7 Å². The highest BCUT2D eigenvalue weighted by molar-refractivity contribution is 6.35. The summed E-state index contributed by atoms with van der Waals surface area (Å²) in [7, 11) is 1.66. The van der Waals surface area contributed by atoms with Gasteiger partial charge in [-0.3, -0.25) is 14.5 Å². The van der Waals surface area contributed by atoms with Crippen LogP contribution in [0, 0.1) is 0 Å². The van der Waals surface area contributed by atoms with E-state index < -0.39 is 11.8 Å². The number of para-hydroxylation sites is 1. The molecule has 2 amide bonds. The number of aromatic nitrogens is 1. The molecule has 2 aromatic carbocycles. The van der Waals surface area contributed by atoms with Crippen LogP contribution in [0.5, 0.6) is 5.75 Å². The summed E-state index contributed by atoms with van der Waals surface area (Å²) >= 11 is 0. The van der Waals surface area contributed by atoms with E-state index in [2.05, 4.69) is 37.6 Å². The van der Waals surface area contributed by atoms with E-state index in [4.69, 9.17) is 9.15 Å². The number of ether oxygens (including phenoxy) is 1. The zero-order valence-corrected chi connectivity index (χ0v) is 21.5. The molecule has 0 radical (unpaired) electrons. The summed E-state index contributed by atoms with van der Waals surface area (Å²) < 4.78 is 11.0. The summed E-state index contributed by atoms with van der Waals surface area (Å²) in [6, 6.07) is 19.7. The van der Waals surface area contributed by atoms with Crippen LogP contribution in [-0.2, 0) is 16.0 Å². The van der Waals surface area contributed by atoms with Gasteiger partial charge in [0.25, 0.3) is 0 Å². The number of benzene rings is 2. The van der Waals surface area contributed by atoms with Crippen LogP contribution in [0.1, 0.15) is 17.4 Å². The van der Waals surface area contributed by atoms with E-state index >= 15 is 0 Å². The molecule has 1 atom stereocenters. The van der Waals surface area contributed by atoms with Gasteiger partial charge in [0.2, 0.25) is 0 Å². The Bertz CT molecular complexity index is 1340. The highest BCUT2D eigenvalue weighted by Gasteiger charge is 2.28. The molecule has 1 aliphatic heterocycles. The van der Waals surface area contributed by atoms with Gasteiger partial charge < -0.3 is 29.7 Å². The van der Waals surface area contributed by atoms with Crippen LogP contribution >= 0.6 is 0 Å². The fraction of sp³-hybridized carbons (Fsp3) is 0.310. The highest BCUT2D eigenvalue weighted by Crippen LogP contribution is 2.25. The number of carbonyl (C=O) groups is 2. The van der Waals surface area contributed by atoms with Gasteiger partial charge in [0, 0.05) is 62.1 Å². The van der Waals surface area contributed by atoms with E-state index in [0.717, 1.165) is 59.8 Å². The summed E-state index contributed by atoms with van der Waals surface area (Å²) in [6.07, 6.45) is 4.21. The predicted molar refractivity (Wildman–Crippen MR) is 146 cm³/mol. The first-order chi connectivity index (χ1) is 18.6. The summed E-state index contributed by atoms with van der Waals surface area (Å²) in [4.78, 5) is 32.9. The van der Waals surface area contributed by atoms with Crippen molar-refractivity contribution < 1.29 is 18.7 Å². The van der Waals surface area contributed by atoms with Crippen LogP contribution < -0.4 is 20.3 Å². The number of rotatable bonds is 9. The van der Waals surface area contributed by atoms with Crippen LogP contribution in [0.4, 0.5) is 5.69 Å². The van der Waals surface area contributed by atoms with Crippen molar-refractivity contribution in [1.29, 1.82) is 0 Å². The van der Waals surface area contributed by atoms with Gasteiger partial charge in [-0.25, -0.2) is 0 Å². The summed E-state index contributed by atoms with van der Waals surface area (Å²) in [5.74, 6) is 0.329. The average molecular weight is 516 g/mol. The van der Waals surface area contributed by atoms with E-state index in [1.165, 1.54) is 0 Å². The first-order valence-corrected chi connectivity index (χ1v) is 12.9. The minimum absolute atomic E-state index is 0.161. The Morgan fingerprint density at radius 2 is 1.74 bits per heavy atom. The summed E-state index contributed by atoms with van der Waals surface area (Å²) in [5, 5.41) is 6.67. The molecule has 3 heterocycles. The lowest BCUT2D eigenvalue weighted by molar-refractivity contribution is -0.139. The minimum Gasteiger partial charge on any atom is -0.497 e. The number of nitrogens with zero attached hydrogens (tertiary/aromatic N) is 2. The van der Waals surface area contributed by atoms with E-state index in [0.29, 0.717) is 13.0 Å². The van der Waals surface area contributed by atoms with Gasteiger partial charge in [0.15, 0.2) is 0 Å². The number of piperazine rings is 1. The molecule has 0 unspecified atom stereocenters. The first kappa shape index (κ1) is 25.4. The zero-order valence-electron chi connectivity index (χ0n) is 21.5. The second kappa shape index (κ2) is 11.9. The monoisotopic (exact) mass is 515 g/mol. The lowest BCUT2D eigenvalue weighted by Gasteiger charge is -2.39. The van der Waals surface area contributed by atoms with Crippen LogP contribution in [0.15, 0.2) is 77.5 Å². The Morgan fingerprint density at radius 3 is 2.47 bits per heavy atom. The molecule has 9 nitrogen and oxygen atoms in total. The van der Waals surface area contributed by atoms with Gasteiger partial charge in [-0.1, -0.05) is 18.2 Å². The Hall–Kier alpha value is -4.24. The maximum absolute atomic E-state index is 12.6. The molecule has 0 saturated carbocycles. The molecular weight excluding hydrogens is 482 g/mol. The minimum atomic E-state index is -0.641. The normalized spacial score (nSPS) is 14.8. The van der Waals surface area contributed by atoms with Crippen molar-refractivity contribution >= 4 is 28.4 Å². The molecule has 0 bridgehead atoms. The lowest BCUT2D eigenvalue weighted by Crippen LogP contribution is -2.50. The van der Waals surface area contributed by atoms with Gasteiger partial charge in [0.1, 0.15) is 11.5 Å². The van der Waals surface area contributed by atoms with Crippen LogP contribution in [-0.4, -0.2) is 68.1 Å². The van der Waals surface area contributed by atoms with Crippen LogP contribution in [0.25, 0.3) is 10.9 Å². The molecule has 5 rings (SSSR count). The Kier molecular flexibility index (Phi) is 7.94. The number of aromatic amines is 1. The van der Waals surface area contributed by atoms with Crippen molar-refractivity contribution in [3.63, 3.8) is 0 Å². The number of hydrogen-bond acceptors (Lipinski definition) is 6. The molecule has 3 N–H and O–H groups in total. The number of carbonyl (C=O) groups excluding carboxylic acids is 2. The van der Waals surface area contributed by atoms with Crippen molar-refractivity contribution in [3.05, 3.63) is 84.4 Å². The Balaban J connectivity index is 1.12. The van der Waals surface area contributed by atoms with Gasteiger partial charge >= 0.3 is 11.8 Å². The second-order valence-electron chi connectivity index (χ2n) is 9.33. The SMILES string of the molecule is COc1ccc(N2CCN([C@H](CNC(=O)C(=O)NCCc3c[nH]c4ccccc34)c3ccco3)CC2)cc1. The molecule has 0 spiro atoms. The van der Waals surface area contributed by atoms with Crippen molar-refractivity contribution in [1.82, 2.24) is 20.5 Å². The molecule has 38 heavy (non-hydrogen) atoms. The quantitative estimate of drug-likeness (QED) is 0.296. The maximum Gasteiger partial charge on any atom is 0.309 e. The van der Waals surface area contributed by atoms with Crippen LogP contribution in [0.3, 0.4) is 0 Å². The third kappa shape index (κ3) is 5.84. The second-order valence-corrected chi connectivity index (χ2v) is 9.33. The molecule has 9 heteroatoms. The number of anilines is 1. The zero-order chi connectivity index (χ0) is 26.3. The van der Waals surface area contributed by atoms with E-state index in [9.17, 15) is 9.59 Å². The number of furan rings is 1. The molecule has 2 aromatic heterocycles. The number of fused-ring (bicyclic) bond motifs is 1. The van der Waals surface area contributed by atoms with Gasteiger partial charge in [-0.2, -0.15) is 0 Å². The molecule has 1 fully saturated rings. The van der Waals surface area contributed by atoms with Gasteiger partial charge in [-0.05, 0) is 54.4 Å². The molecule has 198 valence electrons. The largest absolute Gasteiger partial charge is 0.497 e. The first-order valence-electron chi connectivity index (χ1n) is 12.9. The van der Waals surface area contributed by atoms with Crippen molar-refractivity contribution in [3.8, 4) is 5.75 Å². The predicted octanol–water partition coefficient (Wildman–Crippen LogP) is 3.11. The number of H-pyrrole nitrogens is 1. The standard InChI is InChI=1S/C29H33N5O4/c1-37-23-10-8-22(9-11-23)33-14-16-34(17-15-33)26(27-7-4-18-38-27)20-32-29(36)28(35)30-13-12-21-19-31-25-6-3-2-5-24(21)25/h2-11,18-19,26,31H,12-17,20H2,1H3,(H,30,35)(H,32,36)/t26-/m1/s1. The van der Waals surface area contributed by atoms with E-state index in [-0.39, 0.29) is 12.6 Å². The Labute approximate surface area is 221 Å². The topological polar surface area (TPSA) is 103 Å². The third-order valence-electron chi connectivity index (χ3n) is 7.08. The lowest BCUT2D eigenvalue weighted by atomic mass is 10.1. The number of hydrogen-bond donors (Lipinski definition) is 3. The summed E-state index contributed by atoms with van der Waals surface area (Å²) in [5.41, 5.74) is 3.31. The van der Waals surface area contributed by atoms with Crippen molar-refractivity contribution in [2.24, 2.45) is 0 Å². The number of nitrogens with one attached hydrogen (secondary N) is 3. The molecule has 4 aromatic rings. The number of amides is 2. The molecular formula is C29H33N5O4. The molecule has 1 aliphatic rings. The average Bonchev–Trinajstić information content (AvgIpc) is 3.64. The fourth-order valence-corrected chi connectivity index (χ4v) is 4.97. The van der Waals surface area contributed by atoms with Gasteiger partial charge in [-0.15, -0.1) is 0 Å². The number of methoxy groups -OCH3 is 1. The van der Waals surface area contributed by atoms with Crippen molar-refractivity contribution in [2.75, 3.05) is 51.3 Å². The van der Waals surface area contributed by atoms with Gasteiger partial charge in [0.05, 0.1) is 19.4 Å². The maximum atomic E-state index is 12.6. The van der Waals surface area contributed by atoms with E-state index in [1.54, 1.807) is 13.4 Å². The fourth-order valence-electron chi connectivity index (χ4n) is 4.97. The smallest absolute Gasteiger partial charge is 0.309 e. The van der Waals surface area contributed by atoms with Crippen LogP contribution in [0.2, 0.25) is 0 Å².